The van der Waals surface area contributed by atoms with Gasteiger partial charge >= 0.3 is 0 Å². The van der Waals surface area contributed by atoms with Gasteiger partial charge in [0.05, 0.1) is 5.52 Å². The van der Waals surface area contributed by atoms with Crippen LogP contribution in [-0.2, 0) is 0 Å². The summed E-state index contributed by atoms with van der Waals surface area (Å²) in [5.41, 5.74) is 11.2. The summed E-state index contributed by atoms with van der Waals surface area (Å²) in [6.07, 6.45) is 6.25. The molecule has 0 bridgehead atoms. The molecule has 5 heteroatoms. The largest absolute Gasteiger partial charge is 0.383 e. The van der Waals surface area contributed by atoms with Crippen LogP contribution in [0, 0.1) is 0 Å². The Hall–Kier alpha value is -2.82. The summed E-state index contributed by atoms with van der Waals surface area (Å²) in [5.74, 6) is 2.79. The second-order valence-electron chi connectivity index (χ2n) is 9.37. The third-order valence-corrected chi connectivity index (χ3v) is 7.14. The molecule has 1 aliphatic carbocycles. The number of benzene rings is 2. The predicted molar refractivity (Wildman–Crippen MR) is 141 cm³/mol. The topological polar surface area (TPSA) is 58.3 Å². The number of rotatable bonds is 7. The Kier molecular flexibility index (Phi) is 7.36. The number of fused-ring (bicyclic) bond motifs is 1. The van der Waals surface area contributed by atoms with Crippen LogP contribution in [0.1, 0.15) is 76.1 Å². The molecule has 2 N–H and O–H groups in total. The molecule has 0 radical (unpaired) electrons. The van der Waals surface area contributed by atoms with E-state index in [1.54, 1.807) is 5.56 Å². The van der Waals surface area contributed by atoms with Gasteiger partial charge in [-0.3, -0.25) is 0 Å². The molecule has 1 saturated heterocycles. The normalized spacial score (nSPS) is 15.2. The Morgan fingerprint density at radius 2 is 1.76 bits per heavy atom. The van der Waals surface area contributed by atoms with Gasteiger partial charge in [-0.15, -0.1) is 0 Å². The van der Waals surface area contributed by atoms with Crippen LogP contribution in [0.15, 0.2) is 42.5 Å². The Labute approximate surface area is 199 Å². The van der Waals surface area contributed by atoms with Gasteiger partial charge in [0.1, 0.15) is 11.6 Å². The van der Waals surface area contributed by atoms with E-state index < -0.39 is 0 Å². The highest BCUT2D eigenvalue weighted by molar-refractivity contribution is 5.90. The average Bonchev–Trinajstić information content (AvgIpc) is 3.65. The molecule has 0 spiro atoms. The molecular formula is C28H39N5. The minimum Gasteiger partial charge on any atom is -0.383 e. The molecular weight excluding hydrogens is 406 g/mol. The van der Waals surface area contributed by atoms with Crippen molar-refractivity contribution in [3.05, 3.63) is 53.9 Å². The smallest absolute Gasteiger partial charge is 0.135 e. The fourth-order valence-corrected chi connectivity index (χ4v) is 4.51. The highest BCUT2D eigenvalue weighted by atomic mass is 15.2. The number of hydrogen-bond donors (Lipinski definition) is 1. The van der Waals surface area contributed by atoms with E-state index in [0.717, 1.165) is 34.9 Å². The van der Waals surface area contributed by atoms with Gasteiger partial charge in [-0.1, -0.05) is 32.0 Å². The van der Waals surface area contributed by atoms with Crippen molar-refractivity contribution in [1.82, 2.24) is 9.97 Å². The number of anilines is 3. The Bertz CT molecular complexity index is 1070. The van der Waals surface area contributed by atoms with Gasteiger partial charge in [-0.05, 0) is 74.8 Å². The van der Waals surface area contributed by atoms with E-state index in [1.807, 2.05) is 6.07 Å². The highest BCUT2D eigenvalue weighted by Crippen LogP contribution is 2.39. The Morgan fingerprint density at radius 1 is 1.03 bits per heavy atom. The third-order valence-electron chi connectivity index (χ3n) is 7.14. The van der Waals surface area contributed by atoms with Crippen molar-refractivity contribution in [2.75, 3.05) is 42.2 Å². The lowest BCUT2D eigenvalue weighted by atomic mass is 9.91. The molecule has 0 unspecified atom stereocenters. The summed E-state index contributed by atoms with van der Waals surface area (Å²) in [5, 5.41) is 0.956. The summed E-state index contributed by atoms with van der Waals surface area (Å²) < 4.78 is 0. The van der Waals surface area contributed by atoms with Crippen molar-refractivity contribution in [3.8, 4) is 0 Å². The van der Waals surface area contributed by atoms with E-state index in [-0.39, 0.29) is 0 Å². The molecule has 33 heavy (non-hydrogen) atoms. The molecule has 2 aliphatic rings. The van der Waals surface area contributed by atoms with Crippen molar-refractivity contribution in [3.63, 3.8) is 0 Å². The Balaban J connectivity index is 0.000000160. The van der Waals surface area contributed by atoms with Crippen LogP contribution >= 0.6 is 0 Å². The van der Waals surface area contributed by atoms with E-state index in [4.69, 9.17) is 5.73 Å². The standard InChI is InChI=1S/C14H18N4.C14H21N/c1-3-18(2)10-6-7-12-11(8-10)13(15)17-14(16-12)9-4-5-9;1-3-12(4-2)13-8-5-6-9-14(13)15-10-7-11-15/h6-9H,3-5H2,1-2H3,(H2,15,16,17);5-6,8-9,12H,3-4,7,10-11H2,1-2H3. The van der Waals surface area contributed by atoms with Crippen LogP contribution < -0.4 is 15.5 Å². The zero-order valence-corrected chi connectivity index (χ0v) is 20.7. The first-order valence-electron chi connectivity index (χ1n) is 12.7. The molecule has 2 fully saturated rings. The Morgan fingerprint density at radius 3 is 2.36 bits per heavy atom. The number of aromatic nitrogens is 2. The van der Waals surface area contributed by atoms with Crippen LogP contribution in [0.5, 0.6) is 0 Å². The maximum atomic E-state index is 6.06. The third kappa shape index (κ3) is 5.23. The molecule has 3 aromatic rings. The second kappa shape index (κ2) is 10.4. The van der Waals surface area contributed by atoms with Gasteiger partial charge in [0.25, 0.3) is 0 Å². The summed E-state index contributed by atoms with van der Waals surface area (Å²) in [4.78, 5) is 13.7. The lowest BCUT2D eigenvalue weighted by Gasteiger charge is -2.36. The van der Waals surface area contributed by atoms with Crippen molar-refractivity contribution in [1.29, 1.82) is 0 Å². The quantitative estimate of drug-likeness (QED) is 0.459. The fourth-order valence-electron chi connectivity index (χ4n) is 4.51. The number of nitrogens with zero attached hydrogens (tertiary/aromatic N) is 4. The molecule has 0 amide bonds. The van der Waals surface area contributed by atoms with Gasteiger partial charge in [0.15, 0.2) is 0 Å². The zero-order valence-electron chi connectivity index (χ0n) is 20.7. The molecule has 1 aromatic heterocycles. The van der Waals surface area contributed by atoms with Crippen LogP contribution in [0.2, 0.25) is 0 Å². The first-order valence-corrected chi connectivity index (χ1v) is 12.7. The molecule has 5 rings (SSSR count). The molecule has 1 saturated carbocycles. The second-order valence-corrected chi connectivity index (χ2v) is 9.37. The van der Waals surface area contributed by atoms with Crippen molar-refractivity contribution in [2.45, 2.75) is 64.7 Å². The summed E-state index contributed by atoms with van der Waals surface area (Å²) >= 11 is 0. The monoisotopic (exact) mass is 445 g/mol. The minimum absolute atomic E-state index is 0.537. The van der Waals surface area contributed by atoms with Gasteiger partial charge in [0.2, 0.25) is 0 Å². The first kappa shape index (κ1) is 23.3. The predicted octanol–water partition coefficient (Wildman–Crippen LogP) is 6.35. The SMILES string of the molecule is CCC(CC)c1ccccc1N1CCC1.CCN(C)c1ccc2nc(C3CC3)nc(N)c2c1. The van der Waals surface area contributed by atoms with Crippen LogP contribution in [-0.4, -0.2) is 36.6 Å². The average molecular weight is 446 g/mol. The van der Waals surface area contributed by atoms with Crippen molar-refractivity contribution < 1.29 is 0 Å². The lowest BCUT2D eigenvalue weighted by Crippen LogP contribution is -2.37. The number of hydrogen-bond acceptors (Lipinski definition) is 5. The maximum Gasteiger partial charge on any atom is 0.135 e. The molecule has 5 nitrogen and oxygen atoms in total. The summed E-state index contributed by atoms with van der Waals surface area (Å²) in [6.45, 7) is 10.2. The molecule has 176 valence electrons. The van der Waals surface area contributed by atoms with Crippen LogP contribution in [0.3, 0.4) is 0 Å². The maximum absolute atomic E-state index is 6.06. The highest BCUT2D eigenvalue weighted by Gasteiger charge is 2.27. The van der Waals surface area contributed by atoms with E-state index in [2.05, 4.69) is 84.0 Å². The van der Waals surface area contributed by atoms with Gasteiger partial charge < -0.3 is 15.5 Å². The molecule has 2 heterocycles. The number of para-hydroxylation sites is 1. The van der Waals surface area contributed by atoms with E-state index >= 15 is 0 Å². The molecule has 0 atom stereocenters. The summed E-state index contributed by atoms with van der Waals surface area (Å²) in [6, 6.07) is 15.1. The van der Waals surface area contributed by atoms with E-state index in [9.17, 15) is 0 Å². The number of nitrogen functional groups attached to an aromatic ring is 1. The first-order chi connectivity index (χ1) is 16.0. The van der Waals surface area contributed by atoms with Crippen molar-refractivity contribution in [2.24, 2.45) is 0 Å². The van der Waals surface area contributed by atoms with Crippen LogP contribution in [0.4, 0.5) is 17.2 Å². The van der Waals surface area contributed by atoms with Crippen molar-refractivity contribution >= 4 is 28.1 Å². The molecule has 2 aromatic carbocycles. The van der Waals surface area contributed by atoms with Crippen LogP contribution in [0.25, 0.3) is 10.9 Å². The van der Waals surface area contributed by atoms with Gasteiger partial charge in [-0.25, -0.2) is 9.97 Å². The number of nitrogens with two attached hydrogens (primary N) is 1. The summed E-state index contributed by atoms with van der Waals surface area (Å²) in [7, 11) is 2.07. The fraction of sp³-hybridized carbons (Fsp3) is 0.500. The van der Waals surface area contributed by atoms with E-state index in [1.165, 1.54) is 50.9 Å². The van der Waals surface area contributed by atoms with E-state index in [0.29, 0.717) is 11.7 Å². The molecule has 1 aliphatic heterocycles. The zero-order chi connectivity index (χ0) is 23.4. The lowest BCUT2D eigenvalue weighted by molar-refractivity contribution is 0.596. The van der Waals surface area contributed by atoms with Gasteiger partial charge in [0, 0.05) is 49.4 Å². The minimum atomic E-state index is 0.537. The van der Waals surface area contributed by atoms with Gasteiger partial charge in [-0.2, -0.15) is 0 Å².